The minimum atomic E-state index is -0.561. The largest absolute Gasteiger partial charge is 0.388 e. The van der Waals surface area contributed by atoms with Crippen LogP contribution in [0.15, 0.2) is 0 Å². The van der Waals surface area contributed by atoms with Crippen LogP contribution in [-0.4, -0.2) is 35.3 Å². The third kappa shape index (κ3) is 6.44. The Balaban J connectivity index is 2.27. The number of hydrogen-bond donors (Lipinski definition) is 2. The Morgan fingerprint density at radius 3 is 2.72 bits per heavy atom. The van der Waals surface area contributed by atoms with Gasteiger partial charge in [0.15, 0.2) is 0 Å². The zero-order valence-electron chi connectivity index (χ0n) is 12.4. The number of rotatable bonds is 7. The molecule has 1 rings (SSSR count). The minimum Gasteiger partial charge on any atom is -0.388 e. The molecule has 18 heavy (non-hydrogen) atoms. The summed E-state index contributed by atoms with van der Waals surface area (Å²) in [7, 11) is 0. The van der Waals surface area contributed by atoms with Crippen LogP contribution in [0.4, 0.5) is 0 Å². The molecule has 3 unspecified atom stereocenters. The molecule has 0 aliphatic heterocycles. The van der Waals surface area contributed by atoms with Gasteiger partial charge in [0.05, 0.1) is 5.60 Å². The van der Waals surface area contributed by atoms with E-state index in [0.717, 1.165) is 18.2 Å². The monoisotopic (exact) mass is 273 g/mol. The highest BCUT2D eigenvalue weighted by Crippen LogP contribution is 2.26. The summed E-state index contributed by atoms with van der Waals surface area (Å²) in [6, 6.07) is 0.625. The topological polar surface area (TPSA) is 32.3 Å². The van der Waals surface area contributed by atoms with Crippen LogP contribution in [0.5, 0.6) is 0 Å². The van der Waals surface area contributed by atoms with Crippen LogP contribution >= 0.6 is 11.8 Å². The van der Waals surface area contributed by atoms with Crippen molar-refractivity contribution in [2.45, 2.75) is 70.4 Å². The van der Waals surface area contributed by atoms with Crippen molar-refractivity contribution in [3.8, 4) is 0 Å². The first kappa shape index (κ1) is 16.3. The van der Waals surface area contributed by atoms with Crippen LogP contribution in [0.3, 0.4) is 0 Å². The van der Waals surface area contributed by atoms with E-state index < -0.39 is 5.60 Å². The molecule has 108 valence electrons. The molecule has 0 bridgehead atoms. The van der Waals surface area contributed by atoms with Gasteiger partial charge in [-0.05, 0) is 38.4 Å². The maximum atomic E-state index is 10.2. The average Bonchev–Trinajstić information content (AvgIpc) is 2.53. The predicted octanol–water partition coefficient (Wildman–Crippen LogP) is 3.44. The van der Waals surface area contributed by atoms with E-state index in [0.29, 0.717) is 6.04 Å². The van der Waals surface area contributed by atoms with Crippen LogP contribution in [0.1, 0.15) is 58.8 Å². The lowest BCUT2D eigenvalue weighted by Gasteiger charge is -2.26. The molecule has 2 N–H and O–H groups in total. The van der Waals surface area contributed by atoms with E-state index in [1.807, 2.05) is 6.92 Å². The fraction of sp³-hybridized carbons (Fsp3) is 1.00. The van der Waals surface area contributed by atoms with Crippen molar-refractivity contribution in [2.75, 3.05) is 18.6 Å². The molecule has 2 nitrogen and oxygen atoms in total. The van der Waals surface area contributed by atoms with Crippen molar-refractivity contribution in [1.29, 1.82) is 0 Å². The molecule has 1 fully saturated rings. The molecule has 0 spiro atoms. The minimum absolute atomic E-state index is 0.561. The van der Waals surface area contributed by atoms with Crippen molar-refractivity contribution >= 4 is 11.8 Å². The van der Waals surface area contributed by atoms with E-state index in [1.54, 1.807) is 11.8 Å². The summed E-state index contributed by atoms with van der Waals surface area (Å²) < 4.78 is 0. The standard InChI is InChI=1S/C15H31NOS/c1-4-6-13-7-5-8-14(10-9-13)16-11-15(2,17)12-18-3/h13-14,16-17H,4-12H2,1-3H3. The third-order valence-corrected chi connectivity index (χ3v) is 4.92. The maximum absolute atomic E-state index is 10.2. The van der Waals surface area contributed by atoms with Gasteiger partial charge in [-0.2, -0.15) is 11.8 Å². The zero-order chi connectivity index (χ0) is 13.4. The summed E-state index contributed by atoms with van der Waals surface area (Å²) in [5.41, 5.74) is -0.561. The van der Waals surface area contributed by atoms with Crippen molar-refractivity contribution in [3.63, 3.8) is 0 Å². The summed E-state index contributed by atoms with van der Waals surface area (Å²) in [5.74, 6) is 1.76. The molecule has 3 heteroatoms. The molecule has 1 saturated carbocycles. The number of aliphatic hydroxyl groups is 1. The van der Waals surface area contributed by atoms with Gasteiger partial charge in [0.25, 0.3) is 0 Å². The summed E-state index contributed by atoms with van der Waals surface area (Å²) in [6.07, 6.45) is 11.5. The van der Waals surface area contributed by atoms with Crippen LogP contribution in [0.2, 0.25) is 0 Å². The summed E-state index contributed by atoms with van der Waals surface area (Å²) in [6.45, 7) is 4.96. The number of nitrogens with one attached hydrogen (secondary N) is 1. The number of hydrogen-bond acceptors (Lipinski definition) is 3. The van der Waals surface area contributed by atoms with Crippen LogP contribution in [0.25, 0.3) is 0 Å². The molecule has 0 radical (unpaired) electrons. The van der Waals surface area contributed by atoms with Crippen LogP contribution in [-0.2, 0) is 0 Å². The third-order valence-electron chi connectivity index (χ3n) is 4.01. The number of thioether (sulfide) groups is 1. The molecule has 0 aromatic heterocycles. The molecule has 0 amide bonds. The highest BCUT2D eigenvalue weighted by atomic mass is 32.2. The van der Waals surface area contributed by atoms with Crippen LogP contribution in [0, 0.1) is 5.92 Å². The molecular weight excluding hydrogens is 242 g/mol. The van der Waals surface area contributed by atoms with Crippen LogP contribution < -0.4 is 5.32 Å². The Bertz CT molecular complexity index is 221. The average molecular weight is 273 g/mol. The summed E-state index contributed by atoms with van der Waals surface area (Å²) in [5, 5.41) is 13.8. The lowest BCUT2D eigenvalue weighted by molar-refractivity contribution is 0.0806. The van der Waals surface area contributed by atoms with E-state index in [4.69, 9.17) is 0 Å². The molecular formula is C15H31NOS. The Kier molecular flexibility index (Phi) is 7.66. The molecule has 3 atom stereocenters. The Hall–Kier alpha value is 0.270. The van der Waals surface area contributed by atoms with Crippen molar-refractivity contribution in [2.24, 2.45) is 5.92 Å². The molecule has 0 aromatic carbocycles. The molecule has 1 aliphatic rings. The van der Waals surface area contributed by atoms with Gasteiger partial charge in [0.1, 0.15) is 0 Å². The quantitative estimate of drug-likeness (QED) is 0.697. The Morgan fingerprint density at radius 1 is 1.28 bits per heavy atom. The normalized spacial score (nSPS) is 28.7. The van der Waals surface area contributed by atoms with E-state index in [9.17, 15) is 5.11 Å². The Labute approximate surface area is 117 Å². The van der Waals surface area contributed by atoms with Crippen molar-refractivity contribution in [1.82, 2.24) is 5.32 Å². The van der Waals surface area contributed by atoms with Gasteiger partial charge in [0.2, 0.25) is 0 Å². The zero-order valence-corrected chi connectivity index (χ0v) is 13.2. The lowest BCUT2D eigenvalue weighted by atomic mass is 9.95. The highest BCUT2D eigenvalue weighted by molar-refractivity contribution is 7.98. The van der Waals surface area contributed by atoms with Gasteiger partial charge in [0, 0.05) is 18.3 Å². The predicted molar refractivity (Wildman–Crippen MR) is 82.3 cm³/mol. The van der Waals surface area contributed by atoms with E-state index in [-0.39, 0.29) is 0 Å². The van der Waals surface area contributed by atoms with E-state index >= 15 is 0 Å². The smallest absolute Gasteiger partial charge is 0.0833 e. The van der Waals surface area contributed by atoms with Gasteiger partial charge < -0.3 is 10.4 Å². The van der Waals surface area contributed by atoms with Gasteiger partial charge in [-0.25, -0.2) is 0 Å². The lowest BCUT2D eigenvalue weighted by Crippen LogP contribution is -2.44. The van der Waals surface area contributed by atoms with Crippen molar-refractivity contribution in [3.05, 3.63) is 0 Å². The second-order valence-corrected chi connectivity index (χ2v) is 7.04. The van der Waals surface area contributed by atoms with Crippen molar-refractivity contribution < 1.29 is 5.11 Å². The SMILES string of the molecule is CCCC1CCCC(NCC(C)(O)CSC)CC1. The second kappa shape index (κ2) is 8.44. The summed E-state index contributed by atoms with van der Waals surface area (Å²) >= 11 is 1.72. The second-order valence-electron chi connectivity index (χ2n) is 6.17. The highest BCUT2D eigenvalue weighted by Gasteiger charge is 2.23. The molecule has 0 saturated heterocycles. The fourth-order valence-corrected chi connectivity index (χ4v) is 3.73. The first-order valence-corrected chi connectivity index (χ1v) is 8.91. The van der Waals surface area contributed by atoms with Gasteiger partial charge in [-0.15, -0.1) is 0 Å². The molecule has 1 aliphatic carbocycles. The molecule has 0 heterocycles. The maximum Gasteiger partial charge on any atom is 0.0833 e. The van der Waals surface area contributed by atoms with Gasteiger partial charge in [-0.1, -0.05) is 32.6 Å². The first-order chi connectivity index (χ1) is 8.57. The van der Waals surface area contributed by atoms with Gasteiger partial charge >= 0.3 is 0 Å². The molecule has 0 aromatic rings. The fourth-order valence-electron chi connectivity index (χ4n) is 3.01. The first-order valence-electron chi connectivity index (χ1n) is 7.52. The van der Waals surface area contributed by atoms with E-state index in [1.165, 1.54) is 44.9 Å². The van der Waals surface area contributed by atoms with Gasteiger partial charge in [-0.3, -0.25) is 0 Å². The summed E-state index contributed by atoms with van der Waals surface area (Å²) in [4.78, 5) is 0. The van der Waals surface area contributed by atoms with E-state index in [2.05, 4.69) is 18.5 Å². The Morgan fingerprint density at radius 2 is 2.06 bits per heavy atom.